The van der Waals surface area contributed by atoms with Crippen LogP contribution in [-0.2, 0) is 11.3 Å². The molecule has 25 heavy (non-hydrogen) atoms. The number of β-amino-alcohol motifs (C(OH)–C–C–N with tert-alkyl or cyclic N) is 1. The summed E-state index contributed by atoms with van der Waals surface area (Å²) in [4.78, 5) is 16.4. The van der Waals surface area contributed by atoms with Crippen LogP contribution in [0.3, 0.4) is 0 Å². The molecule has 1 aromatic rings. The Hall–Kier alpha value is -1.83. The van der Waals surface area contributed by atoms with E-state index in [9.17, 15) is 9.90 Å². The van der Waals surface area contributed by atoms with Gasteiger partial charge in [-0.2, -0.15) is 0 Å². The second kappa shape index (κ2) is 8.03. The molecule has 138 valence electrons. The molecule has 1 fully saturated rings. The number of aliphatic hydroxyl groups is 1. The van der Waals surface area contributed by atoms with Gasteiger partial charge in [0.05, 0.1) is 20.3 Å². The number of carbonyl (C=O) groups is 1. The number of piperazine rings is 1. The van der Waals surface area contributed by atoms with Crippen LogP contribution in [0.1, 0.15) is 23.7 Å². The lowest BCUT2D eigenvalue weighted by Crippen LogP contribution is -2.47. The van der Waals surface area contributed by atoms with E-state index in [4.69, 9.17) is 9.47 Å². The maximum absolute atomic E-state index is 12.4. The zero-order valence-corrected chi connectivity index (χ0v) is 15.0. The van der Waals surface area contributed by atoms with E-state index >= 15 is 0 Å². The average molecular weight is 349 g/mol. The van der Waals surface area contributed by atoms with Gasteiger partial charge in [-0.25, -0.2) is 0 Å². The van der Waals surface area contributed by atoms with Gasteiger partial charge in [-0.3, -0.25) is 9.69 Å². The molecule has 0 aromatic heterocycles. The summed E-state index contributed by atoms with van der Waals surface area (Å²) in [6.07, 6.45) is -0.183. The lowest BCUT2D eigenvalue weighted by atomic mass is 9.95. The highest BCUT2D eigenvalue weighted by molar-refractivity contribution is 5.76. The Kier molecular flexibility index (Phi) is 5.78. The lowest BCUT2D eigenvalue weighted by molar-refractivity contribution is -0.132. The van der Waals surface area contributed by atoms with Crippen molar-refractivity contribution in [2.75, 3.05) is 53.5 Å². The summed E-state index contributed by atoms with van der Waals surface area (Å²) < 4.78 is 10.8. The molecule has 2 aliphatic heterocycles. The average Bonchev–Trinajstić information content (AvgIpc) is 2.65. The number of nitrogens with one attached hydrogen (secondary N) is 1. The number of ether oxygens (including phenoxy) is 2. The smallest absolute Gasteiger partial charge is 0.223 e. The number of rotatable bonds is 5. The highest BCUT2D eigenvalue weighted by Gasteiger charge is 2.30. The minimum Gasteiger partial charge on any atom is -0.496 e. The molecular formula is C18H27N3O4. The van der Waals surface area contributed by atoms with Crippen LogP contribution in [0.4, 0.5) is 0 Å². The maximum Gasteiger partial charge on any atom is 0.223 e. The van der Waals surface area contributed by atoms with Gasteiger partial charge in [0.25, 0.3) is 0 Å². The van der Waals surface area contributed by atoms with Crippen LogP contribution in [0.5, 0.6) is 11.5 Å². The topological polar surface area (TPSA) is 74.3 Å². The molecule has 0 saturated carbocycles. The predicted octanol–water partition coefficient (Wildman–Crippen LogP) is 0.375. The Balaban J connectivity index is 1.67. The summed E-state index contributed by atoms with van der Waals surface area (Å²) in [6.45, 7) is 5.02. The van der Waals surface area contributed by atoms with E-state index in [0.29, 0.717) is 31.8 Å². The molecule has 1 atom stereocenters. The first-order valence-electron chi connectivity index (χ1n) is 8.76. The van der Waals surface area contributed by atoms with Crippen molar-refractivity contribution >= 4 is 5.91 Å². The molecule has 2 aliphatic rings. The van der Waals surface area contributed by atoms with Gasteiger partial charge >= 0.3 is 0 Å². The zero-order chi connectivity index (χ0) is 17.8. The lowest BCUT2D eigenvalue weighted by Gasteiger charge is -2.34. The van der Waals surface area contributed by atoms with Gasteiger partial charge in [0.15, 0.2) is 0 Å². The van der Waals surface area contributed by atoms with Crippen LogP contribution in [-0.4, -0.2) is 74.3 Å². The SMILES string of the molecule is COc1ccc(OC)c2c1CN(CCC(=O)N1CCNCC1)CC2O. The molecule has 2 N–H and O–H groups in total. The third-order valence-corrected chi connectivity index (χ3v) is 4.97. The molecule has 7 nitrogen and oxygen atoms in total. The predicted molar refractivity (Wildman–Crippen MR) is 93.8 cm³/mol. The Morgan fingerprint density at radius 3 is 2.60 bits per heavy atom. The van der Waals surface area contributed by atoms with Crippen molar-refractivity contribution in [1.29, 1.82) is 0 Å². The summed E-state index contributed by atoms with van der Waals surface area (Å²) in [6, 6.07) is 3.68. The second-order valence-electron chi connectivity index (χ2n) is 6.49. The molecule has 0 radical (unpaired) electrons. The fraction of sp³-hybridized carbons (Fsp3) is 0.611. The van der Waals surface area contributed by atoms with E-state index in [0.717, 1.165) is 43.1 Å². The van der Waals surface area contributed by atoms with Gasteiger partial charge < -0.3 is 24.8 Å². The fourth-order valence-electron chi connectivity index (χ4n) is 3.64. The van der Waals surface area contributed by atoms with Gasteiger partial charge in [-0.05, 0) is 12.1 Å². The summed E-state index contributed by atoms with van der Waals surface area (Å²) in [7, 11) is 3.23. The normalized spacial score (nSPS) is 20.9. The third kappa shape index (κ3) is 3.89. The first kappa shape index (κ1) is 18.0. The Morgan fingerprint density at radius 1 is 1.24 bits per heavy atom. The Labute approximate surface area is 148 Å². The van der Waals surface area contributed by atoms with Crippen LogP contribution in [0.15, 0.2) is 12.1 Å². The summed E-state index contributed by atoms with van der Waals surface area (Å²) in [5, 5.41) is 13.8. The van der Waals surface area contributed by atoms with Crippen molar-refractivity contribution in [3.8, 4) is 11.5 Å². The number of fused-ring (bicyclic) bond motifs is 1. The van der Waals surface area contributed by atoms with E-state index in [-0.39, 0.29) is 5.91 Å². The zero-order valence-electron chi connectivity index (χ0n) is 15.0. The standard InChI is InChI=1S/C18H27N3O4/c1-24-15-3-4-16(25-2)18-13(15)11-20(12-14(18)22)8-5-17(23)21-9-6-19-7-10-21/h3-4,14,19,22H,5-12H2,1-2H3. The Morgan fingerprint density at radius 2 is 1.92 bits per heavy atom. The molecule has 2 heterocycles. The van der Waals surface area contributed by atoms with Gasteiger partial charge in [-0.15, -0.1) is 0 Å². The third-order valence-electron chi connectivity index (χ3n) is 4.97. The van der Waals surface area contributed by atoms with Crippen molar-refractivity contribution in [1.82, 2.24) is 15.1 Å². The summed E-state index contributed by atoms with van der Waals surface area (Å²) in [5.74, 6) is 1.60. The van der Waals surface area contributed by atoms with Crippen LogP contribution in [0.25, 0.3) is 0 Å². The van der Waals surface area contributed by atoms with Gasteiger partial charge in [0.2, 0.25) is 5.91 Å². The first-order chi connectivity index (χ1) is 12.1. The number of nitrogens with zero attached hydrogens (tertiary/aromatic N) is 2. The molecule has 3 rings (SSSR count). The van der Waals surface area contributed by atoms with Crippen molar-refractivity contribution in [3.05, 3.63) is 23.3 Å². The first-order valence-corrected chi connectivity index (χ1v) is 8.76. The quantitative estimate of drug-likeness (QED) is 0.800. The number of benzene rings is 1. The van der Waals surface area contributed by atoms with Crippen LogP contribution < -0.4 is 14.8 Å². The van der Waals surface area contributed by atoms with E-state index in [1.54, 1.807) is 14.2 Å². The monoisotopic (exact) mass is 349 g/mol. The van der Waals surface area contributed by atoms with E-state index in [1.807, 2.05) is 17.0 Å². The molecule has 1 aromatic carbocycles. The maximum atomic E-state index is 12.4. The largest absolute Gasteiger partial charge is 0.496 e. The molecule has 0 aliphatic carbocycles. The van der Waals surface area contributed by atoms with E-state index < -0.39 is 6.10 Å². The van der Waals surface area contributed by atoms with E-state index in [2.05, 4.69) is 10.2 Å². The van der Waals surface area contributed by atoms with Crippen molar-refractivity contribution in [2.24, 2.45) is 0 Å². The highest BCUT2D eigenvalue weighted by atomic mass is 16.5. The molecule has 1 amide bonds. The number of hydrogen-bond acceptors (Lipinski definition) is 6. The number of amides is 1. The van der Waals surface area contributed by atoms with Gasteiger partial charge in [0.1, 0.15) is 11.5 Å². The van der Waals surface area contributed by atoms with Gasteiger partial charge in [-0.1, -0.05) is 0 Å². The molecule has 0 spiro atoms. The minimum absolute atomic E-state index is 0.180. The van der Waals surface area contributed by atoms with Gasteiger partial charge in [0, 0.05) is 63.4 Å². The molecule has 1 saturated heterocycles. The number of carbonyl (C=O) groups excluding carboxylic acids is 1. The molecule has 7 heteroatoms. The van der Waals surface area contributed by atoms with Crippen molar-refractivity contribution < 1.29 is 19.4 Å². The van der Waals surface area contributed by atoms with Crippen LogP contribution >= 0.6 is 0 Å². The molecular weight excluding hydrogens is 322 g/mol. The number of methoxy groups -OCH3 is 2. The summed E-state index contributed by atoms with van der Waals surface area (Å²) in [5.41, 5.74) is 1.74. The van der Waals surface area contributed by atoms with Crippen molar-refractivity contribution in [2.45, 2.75) is 19.1 Å². The molecule has 1 unspecified atom stereocenters. The summed E-state index contributed by atoms with van der Waals surface area (Å²) >= 11 is 0. The van der Waals surface area contributed by atoms with E-state index in [1.165, 1.54) is 0 Å². The fourth-order valence-corrected chi connectivity index (χ4v) is 3.64. The minimum atomic E-state index is -0.650. The number of aliphatic hydroxyl groups excluding tert-OH is 1. The Bertz CT molecular complexity index is 617. The highest BCUT2D eigenvalue weighted by Crippen LogP contribution is 2.39. The van der Waals surface area contributed by atoms with Crippen LogP contribution in [0, 0.1) is 0 Å². The van der Waals surface area contributed by atoms with Crippen molar-refractivity contribution in [3.63, 3.8) is 0 Å². The van der Waals surface area contributed by atoms with Crippen LogP contribution in [0.2, 0.25) is 0 Å². The molecule has 0 bridgehead atoms. The number of hydrogen-bond donors (Lipinski definition) is 2. The second-order valence-corrected chi connectivity index (χ2v) is 6.49.